The average molecular weight is 383 g/mol. The first kappa shape index (κ1) is 18.7. The summed E-state index contributed by atoms with van der Waals surface area (Å²) in [5.41, 5.74) is 2.66. The highest BCUT2D eigenvalue weighted by Gasteiger charge is 2.18. The van der Waals surface area contributed by atoms with Gasteiger partial charge in [0.1, 0.15) is 5.69 Å². The fourth-order valence-corrected chi connectivity index (χ4v) is 2.71. The number of nitrogens with one attached hydrogen (secondary N) is 2. The lowest BCUT2D eigenvalue weighted by molar-refractivity contribution is -0.118. The van der Waals surface area contributed by atoms with E-state index in [-0.39, 0.29) is 11.8 Å². The van der Waals surface area contributed by atoms with E-state index < -0.39 is 0 Å². The van der Waals surface area contributed by atoms with Crippen LogP contribution in [0.4, 0.5) is 0 Å². The van der Waals surface area contributed by atoms with Crippen LogP contribution in [0.2, 0.25) is 5.02 Å². The highest BCUT2D eigenvalue weighted by atomic mass is 35.5. The quantitative estimate of drug-likeness (QED) is 0.643. The Morgan fingerprint density at radius 3 is 2.33 bits per heavy atom. The summed E-state index contributed by atoms with van der Waals surface area (Å²) in [7, 11) is 0. The third kappa shape index (κ3) is 4.74. The Balaban J connectivity index is 1.90. The fourth-order valence-electron chi connectivity index (χ4n) is 2.58. The number of aromatic nitrogens is 2. The number of benzene rings is 2. The van der Waals surface area contributed by atoms with E-state index in [2.05, 4.69) is 15.7 Å². The van der Waals surface area contributed by atoms with Crippen LogP contribution in [-0.4, -0.2) is 34.7 Å². The van der Waals surface area contributed by atoms with E-state index in [4.69, 9.17) is 11.6 Å². The van der Waals surface area contributed by atoms with E-state index in [0.29, 0.717) is 29.4 Å². The first-order chi connectivity index (χ1) is 13.0. The largest absolute Gasteiger partial charge is 0.355 e. The van der Waals surface area contributed by atoms with E-state index in [1.807, 2.05) is 42.5 Å². The van der Waals surface area contributed by atoms with Gasteiger partial charge in [-0.3, -0.25) is 9.59 Å². The van der Waals surface area contributed by atoms with Gasteiger partial charge in [-0.1, -0.05) is 41.9 Å². The molecule has 27 heavy (non-hydrogen) atoms. The fraction of sp³-hybridized carbons (Fsp3) is 0.150. The number of halogens is 1. The van der Waals surface area contributed by atoms with E-state index >= 15 is 0 Å². The van der Waals surface area contributed by atoms with Crippen molar-refractivity contribution >= 4 is 23.4 Å². The number of hydrogen-bond acceptors (Lipinski definition) is 3. The topological polar surface area (TPSA) is 76.0 Å². The molecule has 2 N–H and O–H groups in total. The molecule has 7 heteroatoms. The van der Waals surface area contributed by atoms with Crippen molar-refractivity contribution in [3.05, 3.63) is 71.4 Å². The predicted octanol–water partition coefficient (Wildman–Crippen LogP) is 3.06. The predicted molar refractivity (Wildman–Crippen MR) is 105 cm³/mol. The maximum absolute atomic E-state index is 12.7. The Kier molecular flexibility index (Phi) is 5.88. The normalized spacial score (nSPS) is 10.4. The molecule has 0 aliphatic heterocycles. The molecule has 0 aliphatic carbocycles. The number of hydrogen-bond donors (Lipinski definition) is 2. The Bertz CT molecular complexity index is 936. The van der Waals surface area contributed by atoms with Gasteiger partial charge in [-0.05, 0) is 24.3 Å². The first-order valence-electron chi connectivity index (χ1n) is 8.48. The van der Waals surface area contributed by atoms with Crippen LogP contribution < -0.4 is 10.6 Å². The minimum Gasteiger partial charge on any atom is -0.355 e. The molecule has 0 radical (unpaired) electrons. The summed E-state index contributed by atoms with van der Waals surface area (Å²) in [6.45, 7) is 2.13. The molecule has 0 unspecified atom stereocenters. The number of nitrogens with zero attached hydrogens (tertiary/aromatic N) is 2. The van der Waals surface area contributed by atoms with Gasteiger partial charge in [-0.15, -0.1) is 0 Å². The second-order valence-corrected chi connectivity index (χ2v) is 6.35. The molecule has 0 spiro atoms. The summed E-state index contributed by atoms with van der Waals surface area (Å²) in [4.78, 5) is 23.6. The SMILES string of the molecule is CC(=O)NCCNC(=O)c1cn(-c2ccccc2)nc1-c1ccc(Cl)cc1. The zero-order valence-electron chi connectivity index (χ0n) is 14.8. The van der Waals surface area contributed by atoms with Gasteiger partial charge in [0.05, 0.1) is 11.3 Å². The molecule has 0 saturated carbocycles. The third-order valence-corrected chi connectivity index (χ3v) is 4.13. The van der Waals surface area contributed by atoms with Gasteiger partial charge in [-0.2, -0.15) is 5.10 Å². The van der Waals surface area contributed by atoms with Crippen molar-refractivity contribution < 1.29 is 9.59 Å². The van der Waals surface area contributed by atoms with Crippen molar-refractivity contribution in [3.8, 4) is 16.9 Å². The van der Waals surface area contributed by atoms with Crippen molar-refractivity contribution in [2.24, 2.45) is 0 Å². The van der Waals surface area contributed by atoms with Gasteiger partial charge in [0.2, 0.25) is 5.91 Å². The number of rotatable bonds is 6. The number of para-hydroxylation sites is 1. The summed E-state index contributed by atoms with van der Waals surface area (Å²) >= 11 is 5.97. The molecule has 0 atom stereocenters. The van der Waals surface area contributed by atoms with Crippen LogP contribution in [0.15, 0.2) is 60.8 Å². The second kappa shape index (κ2) is 8.51. The molecule has 0 fully saturated rings. The van der Waals surface area contributed by atoms with Crippen LogP contribution in [0.1, 0.15) is 17.3 Å². The lowest BCUT2D eigenvalue weighted by atomic mass is 10.1. The summed E-state index contributed by atoms with van der Waals surface area (Å²) < 4.78 is 1.67. The molecule has 3 aromatic rings. The zero-order chi connectivity index (χ0) is 19.2. The second-order valence-electron chi connectivity index (χ2n) is 5.92. The molecule has 0 bridgehead atoms. The molecule has 138 valence electrons. The highest BCUT2D eigenvalue weighted by Crippen LogP contribution is 2.25. The number of carbonyl (C=O) groups excluding carboxylic acids is 2. The Morgan fingerprint density at radius 1 is 1.00 bits per heavy atom. The summed E-state index contributed by atoms with van der Waals surface area (Å²) in [6, 6.07) is 16.7. The van der Waals surface area contributed by atoms with Gasteiger partial charge >= 0.3 is 0 Å². The molecule has 3 rings (SSSR count). The number of amides is 2. The van der Waals surface area contributed by atoms with Crippen molar-refractivity contribution in [3.63, 3.8) is 0 Å². The molecule has 1 heterocycles. The molecular weight excluding hydrogens is 364 g/mol. The van der Waals surface area contributed by atoms with Gasteiger partial charge in [-0.25, -0.2) is 4.68 Å². The molecule has 1 aromatic heterocycles. The Hall–Kier alpha value is -3.12. The van der Waals surface area contributed by atoms with Gasteiger partial charge < -0.3 is 10.6 Å². The average Bonchev–Trinajstić information content (AvgIpc) is 3.12. The summed E-state index contributed by atoms with van der Waals surface area (Å²) in [5.74, 6) is -0.393. The van der Waals surface area contributed by atoms with E-state index in [9.17, 15) is 9.59 Å². The minimum atomic E-state index is -0.257. The van der Waals surface area contributed by atoms with Crippen molar-refractivity contribution in [1.29, 1.82) is 0 Å². The van der Waals surface area contributed by atoms with Gasteiger partial charge in [0.15, 0.2) is 0 Å². The molecule has 6 nitrogen and oxygen atoms in total. The minimum absolute atomic E-state index is 0.136. The molecular formula is C20H19ClN4O2. The van der Waals surface area contributed by atoms with E-state index in [0.717, 1.165) is 11.3 Å². The Morgan fingerprint density at radius 2 is 1.67 bits per heavy atom. The number of carbonyl (C=O) groups is 2. The highest BCUT2D eigenvalue weighted by molar-refractivity contribution is 6.30. The van der Waals surface area contributed by atoms with Crippen molar-refractivity contribution in [2.45, 2.75) is 6.92 Å². The zero-order valence-corrected chi connectivity index (χ0v) is 15.5. The van der Waals surface area contributed by atoms with Crippen LogP contribution in [0.3, 0.4) is 0 Å². The maximum Gasteiger partial charge on any atom is 0.255 e. The maximum atomic E-state index is 12.7. The standard InChI is InChI=1S/C20H19ClN4O2/c1-14(26)22-11-12-23-20(27)18-13-25(17-5-3-2-4-6-17)24-19(18)15-7-9-16(21)10-8-15/h2-10,13H,11-12H2,1H3,(H,22,26)(H,23,27). The smallest absolute Gasteiger partial charge is 0.255 e. The first-order valence-corrected chi connectivity index (χ1v) is 8.86. The van der Waals surface area contributed by atoms with Crippen LogP contribution >= 0.6 is 11.6 Å². The van der Waals surface area contributed by atoms with Gasteiger partial charge in [0, 0.05) is 36.8 Å². The third-order valence-electron chi connectivity index (χ3n) is 3.88. The lowest BCUT2D eigenvalue weighted by Crippen LogP contribution is -2.33. The van der Waals surface area contributed by atoms with Crippen LogP contribution in [-0.2, 0) is 4.79 Å². The Labute approximate surface area is 162 Å². The monoisotopic (exact) mass is 382 g/mol. The van der Waals surface area contributed by atoms with Crippen molar-refractivity contribution in [2.75, 3.05) is 13.1 Å². The summed E-state index contributed by atoms with van der Waals surface area (Å²) in [5, 5.41) is 10.7. The molecule has 2 aromatic carbocycles. The van der Waals surface area contributed by atoms with Gasteiger partial charge in [0.25, 0.3) is 5.91 Å². The van der Waals surface area contributed by atoms with Crippen LogP contribution in [0.25, 0.3) is 16.9 Å². The lowest BCUT2D eigenvalue weighted by Gasteiger charge is -2.06. The van der Waals surface area contributed by atoms with E-state index in [1.165, 1.54) is 6.92 Å². The van der Waals surface area contributed by atoms with Crippen molar-refractivity contribution in [1.82, 2.24) is 20.4 Å². The van der Waals surface area contributed by atoms with Crippen LogP contribution in [0, 0.1) is 0 Å². The molecule has 0 saturated heterocycles. The molecule has 2 amide bonds. The van der Waals surface area contributed by atoms with Crippen LogP contribution in [0.5, 0.6) is 0 Å². The summed E-state index contributed by atoms with van der Waals surface area (Å²) in [6.07, 6.45) is 1.70. The molecule has 0 aliphatic rings. The van der Waals surface area contributed by atoms with E-state index in [1.54, 1.807) is 23.0 Å².